The molecule has 0 heterocycles. The van der Waals surface area contributed by atoms with Crippen molar-refractivity contribution < 1.29 is 14.3 Å². The zero-order chi connectivity index (χ0) is 16.7. The zero-order valence-corrected chi connectivity index (χ0v) is 12.8. The quantitative estimate of drug-likeness (QED) is 0.827. The number of amides is 2. The maximum absolute atomic E-state index is 11.6. The molecule has 0 aliphatic carbocycles. The zero-order valence-electron chi connectivity index (χ0n) is 12.8. The number of nitrogens with zero attached hydrogens (tertiary/aromatic N) is 1. The van der Waals surface area contributed by atoms with Crippen LogP contribution in [0.2, 0.25) is 0 Å². The highest BCUT2D eigenvalue weighted by molar-refractivity contribution is 5.85. The Kier molecular flexibility index (Phi) is 5.53. The molecule has 6 heteroatoms. The second kappa shape index (κ2) is 7.80. The van der Waals surface area contributed by atoms with Gasteiger partial charge in [0.15, 0.2) is 0 Å². The van der Waals surface area contributed by atoms with Crippen LogP contribution >= 0.6 is 0 Å². The largest absolute Gasteiger partial charge is 0.465 e. The summed E-state index contributed by atoms with van der Waals surface area (Å²) in [6.07, 6.45) is 0. The lowest BCUT2D eigenvalue weighted by Crippen LogP contribution is -2.38. The van der Waals surface area contributed by atoms with E-state index in [1.807, 2.05) is 24.3 Å². The summed E-state index contributed by atoms with van der Waals surface area (Å²) >= 11 is 0. The topological polar surface area (TPSA) is 91.2 Å². The van der Waals surface area contributed by atoms with Crippen molar-refractivity contribution in [2.24, 2.45) is 0 Å². The Morgan fingerprint density at radius 1 is 1.13 bits per heavy atom. The van der Waals surface area contributed by atoms with Crippen molar-refractivity contribution in [3.05, 3.63) is 47.5 Å². The van der Waals surface area contributed by atoms with E-state index >= 15 is 0 Å². The van der Waals surface area contributed by atoms with E-state index in [-0.39, 0.29) is 13.2 Å². The van der Waals surface area contributed by atoms with Crippen LogP contribution in [0.5, 0.6) is 0 Å². The summed E-state index contributed by atoms with van der Waals surface area (Å²) in [5.74, 6) is -0.475. The summed E-state index contributed by atoms with van der Waals surface area (Å²) in [6.45, 7) is 2.14. The lowest BCUT2D eigenvalue weighted by molar-refractivity contribution is -0.141. The first kappa shape index (κ1) is 16.3. The van der Waals surface area contributed by atoms with Gasteiger partial charge in [0, 0.05) is 6.54 Å². The lowest BCUT2D eigenvalue weighted by atomic mass is 10.0. The number of fused-ring (bicyclic) bond motifs is 1. The van der Waals surface area contributed by atoms with E-state index in [0.29, 0.717) is 12.1 Å². The number of ether oxygens (including phenoxy) is 1. The van der Waals surface area contributed by atoms with Gasteiger partial charge in [-0.3, -0.25) is 4.79 Å². The van der Waals surface area contributed by atoms with Crippen LogP contribution in [0.15, 0.2) is 36.4 Å². The number of rotatable bonds is 5. The summed E-state index contributed by atoms with van der Waals surface area (Å²) in [5.41, 5.74) is 1.49. The van der Waals surface area contributed by atoms with E-state index < -0.39 is 12.0 Å². The summed E-state index contributed by atoms with van der Waals surface area (Å²) in [5, 5.41) is 16.0. The van der Waals surface area contributed by atoms with Crippen LogP contribution in [0.3, 0.4) is 0 Å². The monoisotopic (exact) mass is 311 g/mol. The molecule has 118 valence electrons. The number of esters is 1. The standard InChI is InChI=1S/C17H17N3O3/c1-2-23-16(21)11-20-17(22)19-10-13-4-6-14-5-3-12(9-18)7-15(14)8-13/h3-8H,2,10-11H2,1H3,(H2,19,20,22). The predicted octanol–water partition coefficient (Wildman–Crippen LogP) is 2.07. The molecule has 2 aromatic carbocycles. The van der Waals surface area contributed by atoms with E-state index in [1.165, 1.54) is 0 Å². The summed E-state index contributed by atoms with van der Waals surface area (Å²) in [6, 6.07) is 12.9. The van der Waals surface area contributed by atoms with Gasteiger partial charge in [-0.15, -0.1) is 0 Å². The third-order valence-corrected chi connectivity index (χ3v) is 3.19. The summed E-state index contributed by atoms with van der Waals surface area (Å²) in [4.78, 5) is 22.8. The van der Waals surface area contributed by atoms with E-state index in [9.17, 15) is 9.59 Å². The average molecular weight is 311 g/mol. The minimum absolute atomic E-state index is 0.164. The molecule has 2 rings (SSSR count). The fourth-order valence-electron chi connectivity index (χ4n) is 2.09. The highest BCUT2D eigenvalue weighted by atomic mass is 16.5. The Morgan fingerprint density at radius 2 is 1.91 bits per heavy atom. The molecule has 2 amide bonds. The Bertz CT molecular complexity index is 765. The first-order valence-electron chi connectivity index (χ1n) is 7.22. The molecule has 0 saturated carbocycles. The fraction of sp³-hybridized carbons (Fsp3) is 0.235. The number of carbonyl (C=O) groups excluding carboxylic acids is 2. The second-order valence-electron chi connectivity index (χ2n) is 4.85. The third-order valence-electron chi connectivity index (χ3n) is 3.19. The van der Waals surface area contributed by atoms with Crippen molar-refractivity contribution in [1.29, 1.82) is 5.26 Å². The number of nitriles is 1. The van der Waals surface area contributed by atoms with E-state index in [0.717, 1.165) is 16.3 Å². The van der Waals surface area contributed by atoms with Gasteiger partial charge in [0.25, 0.3) is 0 Å². The molecule has 0 aliphatic heterocycles. The van der Waals surface area contributed by atoms with Gasteiger partial charge in [0.1, 0.15) is 6.54 Å². The van der Waals surface area contributed by atoms with Gasteiger partial charge in [0.05, 0.1) is 18.2 Å². The molecule has 2 aromatic rings. The SMILES string of the molecule is CCOC(=O)CNC(=O)NCc1ccc2ccc(C#N)cc2c1. The number of carbonyl (C=O) groups is 2. The molecule has 2 N–H and O–H groups in total. The molecule has 0 aromatic heterocycles. The van der Waals surface area contributed by atoms with Crippen molar-refractivity contribution in [2.45, 2.75) is 13.5 Å². The summed E-state index contributed by atoms with van der Waals surface area (Å²) in [7, 11) is 0. The van der Waals surface area contributed by atoms with Gasteiger partial charge in [-0.25, -0.2) is 4.79 Å². The lowest BCUT2D eigenvalue weighted by Gasteiger charge is -2.08. The van der Waals surface area contributed by atoms with Gasteiger partial charge < -0.3 is 15.4 Å². The van der Waals surface area contributed by atoms with Crippen LogP contribution in [-0.4, -0.2) is 25.2 Å². The molecule has 0 fully saturated rings. The Balaban J connectivity index is 1.93. The summed E-state index contributed by atoms with van der Waals surface area (Å²) < 4.78 is 4.72. The molecule has 0 aliphatic rings. The van der Waals surface area contributed by atoms with Gasteiger partial charge in [-0.2, -0.15) is 5.26 Å². The highest BCUT2D eigenvalue weighted by Gasteiger charge is 2.05. The van der Waals surface area contributed by atoms with E-state index in [2.05, 4.69) is 16.7 Å². The number of hydrogen-bond donors (Lipinski definition) is 2. The molecular formula is C17H17N3O3. The van der Waals surface area contributed by atoms with E-state index in [1.54, 1.807) is 19.1 Å². The maximum Gasteiger partial charge on any atom is 0.325 e. The predicted molar refractivity (Wildman–Crippen MR) is 85.5 cm³/mol. The smallest absolute Gasteiger partial charge is 0.325 e. The normalized spacial score (nSPS) is 9.91. The number of benzene rings is 2. The van der Waals surface area contributed by atoms with Crippen LogP contribution < -0.4 is 10.6 Å². The van der Waals surface area contributed by atoms with Crippen molar-refractivity contribution in [3.63, 3.8) is 0 Å². The maximum atomic E-state index is 11.6. The van der Waals surface area contributed by atoms with Gasteiger partial charge in [-0.1, -0.05) is 18.2 Å². The van der Waals surface area contributed by atoms with Crippen molar-refractivity contribution in [3.8, 4) is 6.07 Å². The van der Waals surface area contributed by atoms with Crippen LogP contribution in [0.25, 0.3) is 10.8 Å². The van der Waals surface area contributed by atoms with Crippen LogP contribution in [0.1, 0.15) is 18.1 Å². The first-order valence-corrected chi connectivity index (χ1v) is 7.22. The Hall–Kier alpha value is -3.07. The first-order chi connectivity index (χ1) is 11.1. The van der Waals surface area contributed by atoms with Gasteiger partial charge in [-0.05, 0) is 41.5 Å². The molecule has 0 bridgehead atoms. The molecule has 0 saturated heterocycles. The Morgan fingerprint density at radius 3 is 2.65 bits per heavy atom. The van der Waals surface area contributed by atoms with Crippen LogP contribution in [0.4, 0.5) is 4.79 Å². The number of hydrogen-bond acceptors (Lipinski definition) is 4. The molecule has 23 heavy (non-hydrogen) atoms. The van der Waals surface area contributed by atoms with Gasteiger partial charge >= 0.3 is 12.0 Å². The van der Waals surface area contributed by atoms with Crippen molar-refractivity contribution >= 4 is 22.8 Å². The number of nitrogens with one attached hydrogen (secondary N) is 2. The van der Waals surface area contributed by atoms with Gasteiger partial charge in [0.2, 0.25) is 0 Å². The van der Waals surface area contributed by atoms with Crippen LogP contribution in [-0.2, 0) is 16.1 Å². The average Bonchev–Trinajstić information content (AvgIpc) is 2.57. The van der Waals surface area contributed by atoms with E-state index in [4.69, 9.17) is 10.00 Å². The minimum Gasteiger partial charge on any atom is -0.465 e. The molecule has 0 atom stereocenters. The molecule has 0 spiro atoms. The third kappa shape index (κ3) is 4.71. The highest BCUT2D eigenvalue weighted by Crippen LogP contribution is 2.17. The van der Waals surface area contributed by atoms with Crippen molar-refractivity contribution in [2.75, 3.05) is 13.2 Å². The van der Waals surface area contributed by atoms with Crippen molar-refractivity contribution in [1.82, 2.24) is 10.6 Å². The number of urea groups is 1. The fourth-order valence-corrected chi connectivity index (χ4v) is 2.09. The molecular weight excluding hydrogens is 294 g/mol. The molecule has 6 nitrogen and oxygen atoms in total. The second-order valence-corrected chi connectivity index (χ2v) is 4.85. The molecule has 0 radical (unpaired) electrons. The van der Waals surface area contributed by atoms with Crippen LogP contribution in [0, 0.1) is 11.3 Å². The molecule has 0 unspecified atom stereocenters. The Labute approximate surface area is 134 Å². The minimum atomic E-state index is -0.475.